The van der Waals surface area contributed by atoms with Crippen LogP contribution < -0.4 is 0 Å². The fraction of sp³-hybridized carbons (Fsp3) is 1.00. The first-order chi connectivity index (χ1) is 7.19. The molecule has 0 amide bonds. The molecule has 1 aliphatic heterocycles. The topological polar surface area (TPSA) is 157 Å². The summed E-state index contributed by atoms with van der Waals surface area (Å²) < 4.78 is 19.1. The SMILES string of the molecule is O=P(O)(O)OC[C@H]1O[C@](O)(CO)[C@@H](O)[C@@H]1O.[NaH].[NaH]. The molecule has 1 aliphatic rings. The summed E-state index contributed by atoms with van der Waals surface area (Å²) in [5, 5.41) is 36.7. The van der Waals surface area contributed by atoms with Crippen molar-refractivity contribution in [1.82, 2.24) is 0 Å². The average Bonchev–Trinajstić information content (AvgIpc) is 2.40. The minimum atomic E-state index is -4.73. The van der Waals surface area contributed by atoms with Gasteiger partial charge in [-0.3, -0.25) is 4.52 Å². The van der Waals surface area contributed by atoms with Crippen molar-refractivity contribution in [2.45, 2.75) is 24.1 Å². The summed E-state index contributed by atoms with van der Waals surface area (Å²) in [6, 6.07) is 0. The number of ether oxygens (including phenoxy) is 1. The zero-order valence-corrected chi connectivity index (χ0v) is 8.90. The number of phosphoric acid groups is 1. The Balaban J connectivity index is 0. The van der Waals surface area contributed by atoms with E-state index in [-0.39, 0.29) is 59.1 Å². The number of hydrogen-bond donors (Lipinski definition) is 6. The van der Waals surface area contributed by atoms with Gasteiger partial charge < -0.3 is 34.9 Å². The molecule has 1 saturated heterocycles. The maximum atomic E-state index is 10.4. The first-order valence-electron chi connectivity index (χ1n) is 4.27. The molecule has 18 heavy (non-hydrogen) atoms. The van der Waals surface area contributed by atoms with Gasteiger partial charge in [-0.25, -0.2) is 4.57 Å². The molecular weight excluding hydrogens is 293 g/mol. The second kappa shape index (κ2) is 8.38. The molecule has 0 aromatic rings. The zero-order chi connectivity index (χ0) is 12.6. The standard InChI is InChI=1S/C6H13O9P.2Na.2H/c7-2-6(10)5(9)4(8)3(15-6)1-14-16(11,12)13;;;;/h3-5,7-10H,1-2H2,(H2,11,12,13);;;;/t3-,4-,5+,6-;;;;/m1..../s1. The van der Waals surface area contributed by atoms with Gasteiger partial charge in [-0.2, -0.15) is 0 Å². The summed E-state index contributed by atoms with van der Waals surface area (Å²) >= 11 is 0. The predicted octanol–water partition coefficient (Wildman–Crippen LogP) is -4.40. The molecule has 0 aromatic carbocycles. The van der Waals surface area contributed by atoms with Crippen LogP contribution in [0.1, 0.15) is 0 Å². The zero-order valence-electron chi connectivity index (χ0n) is 8.00. The van der Waals surface area contributed by atoms with Gasteiger partial charge in [-0.15, -0.1) is 0 Å². The normalized spacial score (nSPS) is 35.8. The first-order valence-corrected chi connectivity index (χ1v) is 5.80. The van der Waals surface area contributed by atoms with E-state index in [1.165, 1.54) is 0 Å². The third-order valence-electron chi connectivity index (χ3n) is 2.16. The van der Waals surface area contributed by atoms with E-state index in [4.69, 9.17) is 14.9 Å². The van der Waals surface area contributed by atoms with E-state index in [1.807, 2.05) is 0 Å². The van der Waals surface area contributed by atoms with Crippen LogP contribution in [0.2, 0.25) is 0 Å². The predicted molar refractivity (Wildman–Crippen MR) is 61.2 cm³/mol. The molecular formula is C6H15Na2O9P. The molecule has 9 nitrogen and oxygen atoms in total. The van der Waals surface area contributed by atoms with Gasteiger partial charge in [0.1, 0.15) is 18.3 Å². The fourth-order valence-electron chi connectivity index (χ4n) is 1.31. The number of rotatable bonds is 4. The first kappa shape index (κ1) is 22.2. The maximum absolute atomic E-state index is 10.4. The van der Waals surface area contributed by atoms with E-state index >= 15 is 0 Å². The van der Waals surface area contributed by atoms with Crippen LogP contribution in [0.15, 0.2) is 0 Å². The third kappa shape index (κ3) is 5.72. The summed E-state index contributed by atoms with van der Waals surface area (Å²) in [5.41, 5.74) is 0. The Labute approximate surface area is 147 Å². The Kier molecular flexibility index (Phi) is 10.3. The molecule has 0 radical (unpaired) electrons. The van der Waals surface area contributed by atoms with Crippen molar-refractivity contribution in [3.63, 3.8) is 0 Å². The van der Waals surface area contributed by atoms with Crippen LogP contribution in [0.25, 0.3) is 0 Å². The van der Waals surface area contributed by atoms with Crippen LogP contribution >= 0.6 is 7.82 Å². The van der Waals surface area contributed by atoms with E-state index in [0.29, 0.717) is 0 Å². The summed E-state index contributed by atoms with van der Waals surface area (Å²) in [7, 11) is -4.73. The van der Waals surface area contributed by atoms with Gasteiger partial charge in [0.05, 0.1) is 13.2 Å². The van der Waals surface area contributed by atoms with Crippen LogP contribution in [-0.4, -0.2) is 127 Å². The van der Waals surface area contributed by atoms with Gasteiger partial charge in [-0.05, 0) is 0 Å². The van der Waals surface area contributed by atoms with Crippen LogP contribution in [0.3, 0.4) is 0 Å². The van der Waals surface area contributed by atoms with Crippen molar-refractivity contribution in [3.8, 4) is 0 Å². The van der Waals surface area contributed by atoms with Gasteiger partial charge in [0, 0.05) is 0 Å². The van der Waals surface area contributed by atoms with E-state index < -0.39 is 45.1 Å². The summed E-state index contributed by atoms with van der Waals surface area (Å²) in [6.07, 6.45) is -4.76. The van der Waals surface area contributed by atoms with E-state index in [0.717, 1.165) is 0 Å². The van der Waals surface area contributed by atoms with Gasteiger partial charge in [0.2, 0.25) is 5.79 Å². The summed E-state index contributed by atoms with van der Waals surface area (Å²) in [6.45, 7) is -1.71. The Morgan fingerprint density at radius 2 is 1.78 bits per heavy atom. The molecule has 1 fully saturated rings. The van der Waals surface area contributed by atoms with Crippen molar-refractivity contribution in [2.24, 2.45) is 0 Å². The quantitative estimate of drug-likeness (QED) is 0.223. The molecule has 100 valence electrons. The van der Waals surface area contributed by atoms with Gasteiger partial charge in [0.15, 0.2) is 0 Å². The van der Waals surface area contributed by atoms with Gasteiger partial charge in [0.25, 0.3) is 0 Å². The summed E-state index contributed by atoms with van der Waals surface area (Å²) in [4.78, 5) is 16.8. The Morgan fingerprint density at radius 1 is 1.28 bits per heavy atom. The van der Waals surface area contributed by atoms with Crippen LogP contribution in [0, 0.1) is 0 Å². The van der Waals surface area contributed by atoms with Crippen molar-refractivity contribution < 1.29 is 44.0 Å². The molecule has 0 spiro atoms. The van der Waals surface area contributed by atoms with Crippen molar-refractivity contribution in [3.05, 3.63) is 0 Å². The van der Waals surface area contributed by atoms with Crippen molar-refractivity contribution >= 4 is 66.9 Å². The number of hydrogen-bond acceptors (Lipinski definition) is 7. The second-order valence-electron chi connectivity index (χ2n) is 3.38. The van der Waals surface area contributed by atoms with Crippen LogP contribution in [0.5, 0.6) is 0 Å². The number of aliphatic hydroxyl groups is 4. The van der Waals surface area contributed by atoms with Gasteiger partial charge >= 0.3 is 66.9 Å². The van der Waals surface area contributed by atoms with Crippen molar-refractivity contribution in [2.75, 3.05) is 13.2 Å². The summed E-state index contributed by atoms with van der Waals surface area (Å²) in [5.74, 6) is -2.36. The molecule has 0 aliphatic carbocycles. The number of aliphatic hydroxyl groups excluding tert-OH is 3. The monoisotopic (exact) mass is 308 g/mol. The fourth-order valence-corrected chi connectivity index (χ4v) is 1.65. The molecule has 0 unspecified atom stereocenters. The Hall–Kier alpha value is 1.91. The molecule has 0 bridgehead atoms. The molecule has 0 aromatic heterocycles. The minimum absolute atomic E-state index is 0. The molecule has 1 heterocycles. The van der Waals surface area contributed by atoms with Crippen molar-refractivity contribution in [1.29, 1.82) is 0 Å². The Morgan fingerprint density at radius 3 is 2.11 bits per heavy atom. The Bertz CT molecular complexity index is 299. The molecule has 6 N–H and O–H groups in total. The third-order valence-corrected chi connectivity index (χ3v) is 2.64. The van der Waals surface area contributed by atoms with E-state index in [1.54, 1.807) is 0 Å². The van der Waals surface area contributed by atoms with Crippen LogP contribution in [-0.2, 0) is 13.8 Å². The molecule has 4 atom stereocenters. The average molecular weight is 308 g/mol. The van der Waals surface area contributed by atoms with E-state index in [9.17, 15) is 19.9 Å². The van der Waals surface area contributed by atoms with E-state index in [2.05, 4.69) is 9.26 Å². The van der Waals surface area contributed by atoms with Gasteiger partial charge in [-0.1, -0.05) is 0 Å². The molecule has 1 rings (SSSR count). The molecule has 0 saturated carbocycles. The molecule has 12 heteroatoms. The van der Waals surface area contributed by atoms with Crippen LogP contribution in [0.4, 0.5) is 0 Å². The number of phosphoric ester groups is 1. The second-order valence-corrected chi connectivity index (χ2v) is 4.62.